The maximum Gasteiger partial charge on any atom is 0.254 e. The summed E-state index contributed by atoms with van der Waals surface area (Å²) in [6.07, 6.45) is 5.81. The number of rotatable bonds is 5. The zero-order chi connectivity index (χ0) is 15.2. The SMILES string of the molecule is O=C(NC[C@@H]1CCCNC1)c1cnn(Cc2ccccc2)c1. The Kier molecular flexibility index (Phi) is 4.85. The number of piperidine rings is 1. The predicted octanol–water partition coefficient (Wildman–Crippen LogP) is 1.66. The molecule has 1 amide bonds. The smallest absolute Gasteiger partial charge is 0.254 e. The summed E-state index contributed by atoms with van der Waals surface area (Å²) in [5, 5.41) is 10.6. The first kappa shape index (κ1) is 14.8. The number of carbonyl (C=O) groups is 1. The molecule has 2 heterocycles. The highest BCUT2D eigenvalue weighted by Gasteiger charge is 2.15. The first-order valence-corrected chi connectivity index (χ1v) is 7.86. The van der Waals surface area contributed by atoms with Crippen molar-refractivity contribution < 1.29 is 4.79 Å². The number of aromatic nitrogens is 2. The van der Waals surface area contributed by atoms with Crippen LogP contribution in [0.5, 0.6) is 0 Å². The molecule has 0 radical (unpaired) electrons. The number of benzene rings is 1. The van der Waals surface area contributed by atoms with Crippen LogP contribution in [0.4, 0.5) is 0 Å². The number of amides is 1. The summed E-state index contributed by atoms with van der Waals surface area (Å²) in [5.74, 6) is 0.502. The largest absolute Gasteiger partial charge is 0.352 e. The van der Waals surface area contributed by atoms with Gasteiger partial charge in [0.25, 0.3) is 5.91 Å². The van der Waals surface area contributed by atoms with E-state index in [0.717, 1.165) is 19.6 Å². The van der Waals surface area contributed by atoms with Crippen LogP contribution < -0.4 is 10.6 Å². The lowest BCUT2D eigenvalue weighted by atomic mass is 10.00. The van der Waals surface area contributed by atoms with E-state index in [1.807, 2.05) is 18.2 Å². The van der Waals surface area contributed by atoms with E-state index in [1.165, 1.54) is 18.4 Å². The monoisotopic (exact) mass is 298 g/mol. The minimum atomic E-state index is -0.0371. The topological polar surface area (TPSA) is 59.0 Å². The molecule has 1 fully saturated rings. The molecule has 1 atom stereocenters. The molecule has 1 aliphatic rings. The first-order chi connectivity index (χ1) is 10.8. The summed E-state index contributed by atoms with van der Waals surface area (Å²) in [5.41, 5.74) is 1.80. The van der Waals surface area contributed by atoms with Gasteiger partial charge in [0.15, 0.2) is 0 Å². The van der Waals surface area contributed by atoms with Crippen LogP contribution in [0.3, 0.4) is 0 Å². The van der Waals surface area contributed by atoms with Crippen molar-refractivity contribution in [2.75, 3.05) is 19.6 Å². The quantitative estimate of drug-likeness (QED) is 0.882. The minimum Gasteiger partial charge on any atom is -0.352 e. The molecule has 116 valence electrons. The molecule has 1 aliphatic heterocycles. The third-order valence-corrected chi connectivity index (χ3v) is 4.03. The second-order valence-electron chi connectivity index (χ2n) is 5.83. The molecule has 0 unspecified atom stereocenters. The average molecular weight is 298 g/mol. The number of nitrogens with one attached hydrogen (secondary N) is 2. The predicted molar refractivity (Wildman–Crippen MR) is 85.7 cm³/mol. The standard InChI is InChI=1S/C17H22N4O/c22-17(19-10-15-7-4-8-18-9-15)16-11-20-21(13-16)12-14-5-2-1-3-6-14/h1-3,5-6,11,13,15,18H,4,7-10,12H2,(H,19,22)/t15-/m1/s1. The van der Waals surface area contributed by atoms with Crippen molar-refractivity contribution in [1.29, 1.82) is 0 Å². The van der Waals surface area contributed by atoms with Gasteiger partial charge in [-0.15, -0.1) is 0 Å². The zero-order valence-electron chi connectivity index (χ0n) is 12.7. The molecule has 1 aromatic heterocycles. The summed E-state index contributed by atoms with van der Waals surface area (Å²) >= 11 is 0. The van der Waals surface area contributed by atoms with Gasteiger partial charge in [0.1, 0.15) is 0 Å². The second-order valence-corrected chi connectivity index (χ2v) is 5.83. The van der Waals surface area contributed by atoms with Gasteiger partial charge in [-0.1, -0.05) is 30.3 Å². The molecular formula is C17H22N4O. The van der Waals surface area contributed by atoms with Crippen molar-refractivity contribution in [3.05, 3.63) is 53.9 Å². The van der Waals surface area contributed by atoms with E-state index in [2.05, 4.69) is 27.9 Å². The molecule has 1 saturated heterocycles. The molecule has 0 bridgehead atoms. The molecule has 0 aliphatic carbocycles. The maximum atomic E-state index is 12.2. The molecule has 2 aromatic rings. The van der Waals surface area contributed by atoms with E-state index in [9.17, 15) is 4.79 Å². The molecular weight excluding hydrogens is 276 g/mol. The van der Waals surface area contributed by atoms with E-state index < -0.39 is 0 Å². The Hall–Kier alpha value is -2.14. The highest BCUT2D eigenvalue weighted by Crippen LogP contribution is 2.09. The summed E-state index contributed by atoms with van der Waals surface area (Å²) in [4.78, 5) is 12.2. The van der Waals surface area contributed by atoms with Crippen molar-refractivity contribution in [2.45, 2.75) is 19.4 Å². The number of hydrogen-bond acceptors (Lipinski definition) is 3. The van der Waals surface area contributed by atoms with E-state index >= 15 is 0 Å². The Balaban J connectivity index is 1.52. The number of carbonyl (C=O) groups excluding carboxylic acids is 1. The Morgan fingerprint density at radius 3 is 3.00 bits per heavy atom. The van der Waals surface area contributed by atoms with E-state index in [0.29, 0.717) is 18.0 Å². The van der Waals surface area contributed by atoms with Gasteiger partial charge in [-0.25, -0.2) is 0 Å². The van der Waals surface area contributed by atoms with Crippen LogP contribution >= 0.6 is 0 Å². The van der Waals surface area contributed by atoms with Crippen LogP contribution in [0.25, 0.3) is 0 Å². The van der Waals surface area contributed by atoms with Gasteiger partial charge >= 0.3 is 0 Å². The lowest BCUT2D eigenvalue weighted by molar-refractivity contribution is 0.0944. The van der Waals surface area contributed by atoms with E-state index in [-0.39, 0.29) is 5.91 Å². The van der Waals surface area contributed by atoms with Crippen molar-refractivity contribution in [3.8, 4) is 0 Å². The van der Waals surface area contributed by atoms with Gasteiger partial charge in [0.05, 0.1) is 18.3 Å². The fourth-order valence-electron chi connectivity index (χ4n) is 2.78. The van der Waals surface area contributed by atoms with Gasteiger partial charge in [-0.3, -0.25) is 9.48 Å². The van der Waals surface area contributed by atoms with Gasteiger partial charge in [-0.05, 0) is 37.4 Å². The van der Waals surface area contributed by atoms with Gasteiger partial charge in [-0.2, -0.15) is 5.10 Å². The Bertz CT molecular complexity index is 602. The Morgan fingerprint density at radius 2 is 2.23 bits per heavy atom. The van der Waals surface area contributed by atoms with Gasteiger partial charge in [0, 0.05) is 12.7 Å². The number of nitrogens with zero attached hydrogens (tertiary/aromatic N) is 2. The summed E-state index contributed by atoms with van der Waals surface area (Å²) in [6.45, 7) is 3.50. The third kappa shape index (κ3) is 3.95. The lowest BCUT2D eigenvalue weighted by Crippen LogP contribution is -2.38. The van der Waals surface area contributed by atoms with Crippen molar-refractivity contribution in [3.63, 3.8) is 0 Å². The van der Waals surface area contributed by atoms with Crippen molar-refractivity contribution in [2.24, 2.45) is 5.92 Å². The Labute approximate surface area is 130 Å². The highest BCUT2D eigenvalue weighted by atomic mass is 16.1. The zero-order valence-corrected chi connectivity index (χ0v) is 12.7. The van der Waals surface area contributed by atoms with Crippen LogP contribution in [-0.4, -0.2) is 35.3 Å². The molecule has 2 N–H and O–H groups in total. The van der Waals surface area contributed by atoms with Gasteiger partial charge in [0.2, 0.25) is 0 Å². The highest BCUT2D eigenvalue weighted by molar-refractivity contribution is 5.93. The Morgan fingerprint density at radius 1 is 1.36 bits per heavy atom. The number of hydrogen-bond donors (Lipinski definition) is 2. The molecule has 0 spiro atoms. The van der Waals surface area contributed by atoms with Crippen LogP contribution in [0, 0.1) is 5.92 Å². The summed E-state index contributed by atoms with van der Waals surface area (Å²) < 4.78 is 1.80. The van der Waals surface area contributed by atoms with Crippen molar-refractivity contribution >= 4 is 5.91 Å². The molecule has 1 aromatic carbocycles. The average Bonchev–Trinajstić information content (AvgIpc) is 3.03. The molecule has 5 heteroatoms. The van der Waals surface area contributed by atoms with Crippen LogP contribution in [0.15, 0.2) is 42.7 Å². The lowest BCUT2D eigenvalue weighted by Gasteiger charge is -2.22. The third-order valence-electron chi connectivity index (χ3n) is 4.03. The van der Waals surface area contributed by atoms with Crippen LogP contribution in [-0.2, 0) is 6.54 Å². The molecule has 0 saturated carbocycles. The maximum absolute atomic E-state index is 12.2. The molecule has 3 rings (SSSR count). The van der Waals surface area contributed by atoms with E-state index in [4.69, 9.17) is 0 Å². The first-order valence-electron chi connectivity index (χ1n) is 7.86. The van der Waals surface area contributed by atoms with Gasteiger partial charge < -0.3 is 10.6 Å². The second kappa shape index (κ2) is 7.22. The fraction of sp³-hybridized carbons (Fsp3) is 0.412. The van der Waals surface area contributed by atoms with Crippen molar-refractivity contribution in [1.82, 2.24) is 20.4 Å². The minimum absolute atomic E-state index is 0.0371. The normalized spacial score (nSPS) is 18.1. The van der Waals surface area contributed by atoms with Crippen LogP contribution in [0.2, 0.25) is 0 Å². The summed E-state index contributed by atoms with van der Waals surface area (Å²) in [6, 6.07) is 10.1. The fourth-order valence-corrected chi connectivity index (χ4v) is 2.78. The van der Waals surface area contributed by atoms with Crippen LogP contribution in [0.1, 0.15) is 28.8 Å². The molecule has 22 heavy (non-hydrogen) atoms. The van der Waals surface area contributed by atoms with E-state index in [1.54, 1.807) is 17.1 Å². The molecule has 5 nitrogen and oxygen atoms in total. The summed E-state index contributed by atoms with van der Waals surface area (Å²) in [7, 11) is 0.